The lowest BCUT2D eigenvalue weighted by Crippen LogP contribution is -2.55. The molecule has 33 heavy (non-hydrogen) atoms. The van der Waals surface area contributed by atoms with E-state index in [0.717, 1.165) is 13.7 Å². The summed E-state index contributed by atoms with van der Waals surface area (Å²) in [4.78, 5) is 38.2. The van der Waals surface area contributed by atoms with Crippen molar-refractivity contribution in [2.75, 3.05) is 59.5 Å². The van der Waals surface area contributed by atoms with Gasteiger partial charge in [0, 0.05) is 0 Å². The van der Waals surface area contributed by atoms with Crippen LogP contribution in [0.25, 0.3) is 0 Å². The Morgan fingerprint density at radius 1 is 0.545 bits per heavy atom. The smallest absolute Gasteiger partial charge is 0.336 e. The molecule has 0 amide bonds. The van der Waals surface area contributed by atoms with Gasteiger partial charge < -0.3 is 44.8 Å². The van der Waals surface area contributed by atoms with Crippen LogP contribution in [0, 0.1) is 0 Å². The van der Waals surface area contributed by atoms with Crippen molar-refractivity contribution in [3.63, 3.8) is 0 Å². The van der Waals surface area contributed by atoms with Gasteiger partial charge in [-0.15, -0.1) is 0 Å². The molecule has 1 heterocycles. The molecule has 0 aliphatic heterocycles. The maximum Gasteiger partial charge on any atom is 0.336 e. The second-order valence-electron chi connectivity index (χ2n) is 7.04. The van der Waals surface area contributed by atoms with Crippen LogP contribution in [0.1, 0.15) is 0 Å². The van der Waals surface area contributed by atoms with Crippen LogP contribution in [0.2, 0.25) is 0 Å². The molecule has 0 fully saturated rings. The fraction of sp³-hybridized carbons (Fsp3) is 0.833. The Labute approximate surface area is 188 Å². The van der Waals surface area contributed by atoms with Gasteiger partial charge in [0.15, 0.2) is 0 Å². The van der Waals surface area contributed by atoms with Crippen molar-refractivity contribution in [3.8, 4) is 0 Å². The Bertz CT molecular complexity index is 712. The molecule has 0 aromatic carbocycles. The van der Waals surface area contributed by atoms with Crippen molar-refractivity contribution in [3.05, 3.63) is 31.5 Å². The van der Waals surface area contributed by atoms with Gasteiger partial charge in [0.05, 0.1) is 79.1 Å². The fourth-order valence-electron chi connectivity index (χ4n) is 2.54. The first-order valence-electron chi connectivity index (χ1n) is 10.3. The number of aliphatic hydroxyl groups excluding tert-OH is 6. The van der Waals surface area contributed by atoms with Crippen molar-refractivity contribution in [2.24, 2.45) is 0 Å². The number of aliphatic hydroxyl groups is 6. The van der Waals surface area contributed by atoms with Gasteiger partial charge in [0.2, 0.25) is 0 Å². The highest BCUT2D eigenvalue weighted by Gasteiger charge is 2.16. The number of hydrogen-bond acceptors (Lipinski definition) is 12. The van der Waals surface area contributed by atoms with Gasteiger partial charge in [0.25, 0.3) is 0 Å². The third-order valence-electron chi connectivity index (χ3n) is 4.33. The third-order valence-corrected chi connectivity index (χ3v) is 4.33. The van der Waals surface area contributed by atoms with E-state index in [0.29, 0.717) is 0 Å². The summed E-state index contributed by atoms with van der Waals surface area (Å²) in [6.07, 6.45) is -3.36. The van der Waals surface area contributed by atoms with Crippen molar-refractivity contribution < 1.29 is 44.8 Å². The van der Waals surface area contributed by atoms with E-state index in [-0.39, 0.29) is 59.3 Å². The number of aromatic nitrogens is 3. The third kappa shape index (κ3) is 9.83. The molecule has 1 aromatic rings. The zero-order valence-electron chi connectivity index (χ0n) is 18.2. The Hall–Kier alpha value is -1.95. The van der Waals surface area contributed by atoms with Gasteiger partial charge in [-0.05, 0) is 0 Å². The summed E-state index contributed by atoms with van der Waals surface area (Å²) in [5, 5.41) is 54.2. The average Bonchev–Trinajstić information content (AvgIpc) is 2.81. The lowest BCUT2D eigenvalue weighted by atomic mass is 10.4. The summed E-state index contributed by atoms with van der Waals surface area (Å²) < 4.78 is 17.7. The first-order chi connectivity index (χ1) is 15.8. The maximum atomic E-state index is 12.7. The Kier molecular flexibility index (Phi) is 13.9. The summed E-state index contributed by atoms with van der Waals surface area (Å²) in [5.74, 6) is 0. The molecular formula is C18H33N3O12. The summed E-state index contributed by atoms with van der Waals surface area (Å²) in [5.41, 5.74) is -2.76. The molecule has 1 aromatic heterocycles. The predicted molar refractivity (Wildman–Crippen MR) is 111 cm³/mol. The highest BCUT2D eigenvalue weighted by molar-refractivity contribution is 4.79. The van der Waals surface area contributed by atoms with Gasteiger partial charge in [-0.25, -0.2) is 28.1 Å². The highest BCUT2D eigenvalue weighted by atomic mass is 16.5. The molecule has 1 rings (SSSR count). The van der Waals surface area contributed by atoms with Gasteiger partial charge >= 0.3 is 17.1 Å². The van der Waals surface area contributed by atoms with Crippen LogP contribution < -0.4 is 17.1 Å². The van der Waals surface area contributed by atoms with Crippen molar-refractivity contribution in [2.45, 2.75) is 37.9 Å². The van der Waals surface area contributed by atoms with Crippen molar-refractivity contribution >= 4 is 0 Å². The number of hydrogen-bond donors (Lipinski definition) is 6. The lowest BCUT2D eigenvalue weighted by molar-refractivity contribution is 0.000604. The predicted octanol–water partition coefficient (Wildman–Crippen LogP) is -5.72. The van der Waals surface area contributed by atoms with Crippen LogP contribution in [-0.2, 0) is 33.8 Å². The standard InChI is InChI=1S/C18H33N3O12/c22-7-13(25)10-31-4-1-19-16(28)20(2-5-32-11-14(26)8-23)18(30)21(17(19)29)3-6-33-12-15(27)9-24/h13-15,22-27H,1-12H2. The summed E-state index contributed by atoms with van der Waals surface area (Å²) in [6.45, 7) is -3.45. The lowest BCUT2D eigenvalue weighted by Gasteiger charge is -2.15. The van der Waals surface area contributed by atoms with Crippen molar-refractivity contribution in [1.29, 1.82) is 0 Å². The topological polar surface area (TPSA) is 215 Å². The number of rotatable bonds is 18. The molecule has 0 aliphatic rings. The Morgan fingerprint density at radius 2 is 0.788 bits per heavy atom. The minimum Gasteiger partial charge on any atom is -0.394 e. The van der Waals surface area contributed by atoms with Crippen molar-refractivity contribution in [1.82, 2.24) is 13.7 Å². The highest BCUT2D eigenvalue weighted by Crippen LogP contribution is 1.89. The zero-order valence-corrected chi connectivity index (χ0v) is 18.2. The normalized spacial score (nSPS) is 14.4. The van der Waals surface area contributed by atoms with E-state index < -0.39 is 55.2 Å². The molecular weight excluding hydrogens is 450 g/mol. The largest absolute Gasteiger partial charge is 0.394 e. The molecule has 0 bridgehead atoms. The fourth-order valence-corrected chi connectivity index (χ4v) is 2.54. The van der Waals surface area contributed by atoms with Gasteiger partial charge in [0.1, 0.15) is 18.3 Å². The van der Waals surface area contributed by atoms with E-state index >= 15 is 0 Å². The molecule has 0 spiro atoms. The number of ether oxygens (including phenoxy) is 3. The van der Waals surface area contributed by atoms with E-state index in [1.165, 1.54) is 0 Å². The first-order valence-corrected chi connectivity index (χ1v) is 10.3. The molecule has 15 heteroatoms. The quantitative estimate of drug-likeness (QED) is 0.108. The molecule has 3 atom stereocenters. The minimum absolute atomic E-state index is 0.164. The van der Waals surface area contributed by atoms with Gasteiger partial charge in [-0.3, -0.25) is 0 Å². The molecule has 3 unspecified atom stereocenters. The Morgan fingerprint density at radius 3 is 1.00 bits per heavy atom. The van der Waals surface area contributed by atoms with Gasteiger partial charge in [-0.2, -0.15) is 0 Å². The number of nitrogens with zero attached hydrogens (tertiary/aromatic N) is 3. The summed E-state index contributed by atoms with van der Waals surface area (Å²) in [6, 6.07) is 0. The molecule has 0 saturated heterocycles. The molecule has 192 valence electrons. The molecule has 0 aliphatic carbocycles. The molecule has 0 saturated carbocycles. The summed E-state index contributed by atoms with van der Waals surface area (Å²) >= 11 is 0. The van der Waals surface area contributed by atoms with E-state index in [1.807, 2.05) is 0 Å². The monoisotopic (exact) mass is 483 g/mol. The maximum absolute atomic E-state index is 12.7. The van der Waals surface area contributed by atoms with E-state index in [2.05, 4.69) is 0 Å². The molecule has 0 radical (unpaired) electrons. The SMILES string of the molecule is O=c1n(CCOCC(O)CO)c(=O)n(CCOCC(O)CO)c(=O)n1CCOCC(O)CO. The van der Waals surface area contributed by atoms with E-state index in [9.17, 15) is 29.7 Å². The second-order valence-corrected chi connectivity index (χ2v) is 7.04. The van der Waals surface area contributed by atoms with Crippen LogP contribution in [0.4, 0.5) is 0 Å². The average molecular weight is 483 g/mol. The van der Waals surface area contributed by atoms with Crippen LogP contribution in [0.15, 0.2) is 14.4 Å². The summed E-state index contributed by atoms with van der Waals surface area (Å²) in [7, 11) is 0. The van der Waals surface area contributed by atoms with Crippen LogP contribution >= 0.6 is 0 Å². The minimum atomic E-state index is -1.12. The van der Waals surface area contributed by atoms with Gasteiger partial charge in [-0.1, -0.05) is 0 Å². The first kappa shape index (κ1) is 29.1. The Balaban J connectivity index is 3.02. The van der Waals surface area contributed by atoms with E-state index in [1.54, 1.807) is 0 Å². The molecule has 15 nitrogen and oxygen atoms in total. The van der Waals surface area contributed by atoms with Crippen LogP contribution in [-0.4, -0.2) is 122 Å². The second kappa shape index (κ2) is 15.8. The van der Waals surface area contributed by atoms with Crippen LogP contribution in [0.5, 0.6) is 0 Å². The molecule has 6 N–H and O–H groups in total. The van der Waals surface area contributed by atoms with E-state index in [4.69, 9.17) is 29.5 Å². The zero-order chi connectivity index (χ0) is 24.8. The van der Waals surface area contributed by atoms with Crippen LogP contribution in [0.3, 0.4) is 0 Å².